The van der Waals surface area contributed by atoms with Crippen LogP contribution in [0.5, 0.6) is 0 Å². The summed E-state index contributed by atoms with van der Waals surface area (Å²) >= 11 is 0. The third-order valence-corrected chi connectivity index (χ3v) is 4.82. The normalized spacial score (nSPS) is 31.2. The molecule has 0 N–H and O–H groups in total. The molecule has 0 amide bonds. The van der Waals surface area contributed by atoms with Gasteiger partial charge >= 0.3 is 0 Å². The Hall–Kier alpha value is -0.0700. The summed E-state index contributed by atoms with van der Waals surface area (Å²) in [5.41, 5.74) is 0. The molecular formula is C17H35F. The molecule has 110 valence electrons. The van der Waals surface area contributed by atoms with Crippen molar-refractivity contribution in [3.63, 3.8) is 0 Å². The predicted octanol–water partition coefficient (Wildman–Crippen LogP) is 6.11. The van der Waals surface area contributed by atoms with Gasteiger partial charge in [-0.05, 0) is 36.0 Å². The van der Waals surface area contributed by atoms with Crippen LogP contribution in [0.15, 0.2) is 0 Å². The lowest BCUT2D eigenvalue weighted by molar-refractivity contribution is 0.220. The van der Waals surface area contributed by atoms with Gasteiger partial charge in [-0.2, -0.15) is 0 Å². The van der Waals surface area contributed by atoms with E-state index in [9.17, 15) is 4.39 Å². The van der Waals surface area contributed by atoms with Gasteiger partial charge in [0, 0.05) is 0 Å². The highest BCUT2D eigenvalue weighted by Gasteiger charge is 2.20. The summed E-state index contributed by atoms with van der Waals surface area (Å²) in [5, 5.41) is 0. The fourth-order valence-electron chi connectivity index (χ4n) is 2.71. The van der Waals surface area contributed by atoms with E-state index in [1.54, 1.807) is 0 Å². The fraction of sp³-hybridized carbons (Fsp3) is 1.00. The molecule has 18 heavy (non-hydrogen) atoms. The topological polar surface area (TPSA) is 0 Å². The lowest BCUT2D eigenvalue weighted by Crippen LogP contribution is -2.18. The standard InChI is InChI=1S/C9H18.C8H17F/c1-7-4-5-8(2)9(3)6-7;1-4-5-7(2)8(3)6-9/h7-9H,4-6H2,1-3H3;7-8H,4-6H2,1-3H3. The Morgan fingerprint density at radius 1 is 1.00 bits per heavy atom. The quantitative estimate of drug-likeness (QED) is 0.571. The Bertz CT molecular complexity index is 186. The maximum Gasteiger partial charge on any atom is 0.0922 e. The van der Waals surface area contributed by atoms with Crippen molar-refractivity contribution in [3.8, 4) is 0 Å². The Morgan fingerprint density at radius 3 is 2.00 bits per heavy atom. The molecule has 1 fully saturated rings. The van der Waals surface area contributed by atoms with Crippen LogP contribution in [0.3, 0.4) is 0 Å². The zero-order valence-corrected chi connectivity index (χ0v) is 13.5. The third-order valence-electron chi connectivity index (χ3n) is 4.82. The minimum absolute atomic E-state index is 0.166. The smallest absolute Gasteiger partial charge is 0.0922 e. The van der Waals surface area contributed by atoms with Gasteiger partial charge in [-0.1, -0.05) is 67.2 Å². The van der Waals surface area contributed by atoms with Gasteiger partial charge in [0.15, 0.2) is 0 Å². The molecule has 0 bridgehead atoms. The first-order chi connectivity index (χ1) is 8.42. The zero-order valence-electron chi connectivity index (χ0n) is 13.5. The maximum atomic E-state index is 12.0. The second kappa shape index (κ2) is 9.81. The average molecular weight is 258 g/mol. The largest absolute Gasteiger partial charge is 0.251 e. The molecule has 0 aromatic carbocycles. The Balaban J connectivity index is 0.000000321. The van der Waals surface area contributed by atoms with Crippen molar-refractivity contribution < 1.29 is 4.39 Å². The second-order valence-corrected chi connectivity index (χ2v) is 6.77. The van der Waals surface area contributed by atoms with Gasteiger partial charge in [-0.15, -0.1) is 0 Å². The van der Waals surface area contributed by atoms with Crippen LogP contribution in [0.4, 0.5) is 4.39 Å². The minimum atomic E-state index is -0.166. The van der Waals surface area contributed by atoms with Gasteiger partial charge in [-0.3, -0.25) is 4.39 Å². The molecule has 5 unspecified atom stereocenters. The number of rotatable bonds is 4. The van der Waals surface area contributed by atoms with Crippen LogP contribution in [-0.2, 0) is 0 Å². The van der Waals surface area contributed by atoms with Crippen LogP contribution >= 0.6 is 0 Å². The Labute approximate surface area is 115 Å². The SMILES string of the molecule is CC1CCC(C)C(C)C1.CCCC(C)C(C)CF. The minimum Gasteiger partial charge on any atom is -0.251 e. The van der Waals surface area contributed by atoms with E-state index in [0.717, 1.165) is 24.2 Å². The molecule has 1 aliphatic carbocycles. The molecule has 5 atom stereocenters. The van der Waals surface area contributed by atoms with E-state index >= 15 is 0 Å². The van der Waals surface area contributed by atoms with Gasteiger partial charge in [0.1, 0.15) is 0 Å². The predicted molar refractivity (Wildman–Crippen MR) is 80.6 cm³/mol. The van der Waals surface area contributed by atoms with E-state index in [1.165, 1.54) is 25.7 Å². The molecule has 0 aromatic heterocycles. The summed E-state index contributed by atoms with van der Waals surface area (Å²) in [6.45, 7) is 13.2. The van der Waals surface area contributed by atoms with E-state index in [0.29, 0.717) is 5.92 Å². The average Bonchev–Trinajstić information content (AvgIpc) is 2.34. The molecule has 1 heteroatoms. The second-order valence-electron chi connectivity index (χ2n) is 6.77. The monoisotopic (exact) mass is 258 g/mol. The van der Waals surface area contributed by atoms with Crippen molar-refractivity contribution in [2.75, 3.05) is 6.67 Å². The van der Waals surface area contributed by atoms with Crippen molar-refractivity contribution in [3.05, 3.63) is 0 Å². The summed E-state index contributed by atoms with van der Waals surface area (Å²) in [6.07, 6.45) is 6.71. The molecule has 1 rings (SSSR count). The number of halogens is 1. The molecule has 1 saturated carbocycles. The molecule has 0 nitrogen and oxygen atoms in total. The van der Waals surface area contributed by atoms with E-state index in [-0.39, 0.29) is 12.6 Å². The highest BCUT2D eigenvalue weighted by molar-refractivity contribution is 4.72. The van der Waals surface area contributed by atoms with Crippen molar-refractivity contribution in [2.24, 2.45) is 29.6 Å². The fourth-order valence-corrected chi connectivity index (χ4v) is 2.71. The third kappa shape index (κ3) is 7.38. The Kier molecular flexibility index (Phi) is 9.77. The number of alkyl halides is 1. The van der Waals surface area contributed by atoms with Gasteiger partial charge < -0.3 is 0 Å². The van der Waals surface area contributed by atoms with Crippen molar-refractivity contribution in [1.29, 1.82) is 0 Å². The first kappa shape index (κ1) is 17.9. The van der Waals surface area contributed by atoms with Crippen molar-refractivity contribution in [2.45, 2.75) is 73.6 Å². The van der Waals surface area contributed by atoms with Crippen molar-refractivity contribution >= 4 is 0 Å². The molecule has 0 saturated heterocycles. The van der Waals surface area contributed by atoms with E-state index in [4.69, 9.17) is 0 Å². The summed E-state index contributed by atoms with van der Waals surface area (Å²) in [6, 6.07) is 0. The van der Waals surface area contributed by atoms with Crippen LogP contribution < -0.4 is 0 Å². The molecule has 0 radical (unpaired) electrons. The molecule has 0 aromatic rings. The van der Waals surface area contributed by atoms with E-state index in [2.05, 4.69) is 34.6 Å². The van der Waals surface area contributed by atoms with Gasteiger partial charge in [0.2, 0.25) is 0 Å². The lowest BCUT2D eigenvalue weighted by Gasteiger charge is -2.29. The summed E-state index contributed by atoms with van der Waals surface area (Å²) in [4.78, 5) is 0. The maximum absolute atomic E-state index is 12.0. The van der Waals surface area contributed by atoms with Crippen LogP contribution in [0.25, 0.3) is 0 Å². The highest BCUT2D eigenvalue weighted by atomic mass is 19.1. The van der Waals surface area contributed by atoms with Gasteiger partial charge in [-0.25, -0.2) is 0 Å². The van der Waals surface area contributed by atoms with Gasteiger partial charge in [0.05, 0.1) is 6.67 Å². The van der Waals surface area contributed by atoms with E-state index < -0.39 is 0 Å². The van der Waals surface area contributed by atoms with Crippen molar-refractivity contribution in [1.82, 2.24) is 0 Å². The summed E-state index contributed by atoms with van der Waals surface area (Å²) in [5.74, 6) is 3.77. The zero-order chi connectivity index (χ0) is 14.1. The first-order valence-electron chi connectivity index (χ1n) is 7.98. The first-order valence-corrected chi connectivity index (χ1v) is 7.98. The summed E-state index contributed by atoms with van der Waals surface area (Å²) in [7, 11) is 0. The van der Waals surface area contributed by atoms with Crippen LogP contribution in [0, 0.1) is 29.6 Å². The van der Waals surface area contributed by atoms with Gasteiger partial charge in [0.25, 0.3) is 0 Å². The van der Waals surface area contributed by atoms with Crippen LogP contribution in [0.1, 0.15) is 73.6 Å². The Morgan fingerprint density at radius 2 is 1.61 bits per heavy atom. The lowest BCUT2D eigenvalue weighted by atomic mass is 9.77. The molecule has 0 heterocycles. The van der Waals surface area contributed by atoms with E-state index in [1.807, 2.05) is 6.92 Å². The number of hydrogen-bond donors (Lipinski definition) is 0. The molecule has 0 spiro atoms. The molecular weight excluding hydrogens is 223 g/mol. The van der Waals surface area contributed by atoms with Crippen LogP contribution in [0.2, 0.25) is 0 Å². The number of hydrogen-bond acceptors (Lipinski definition) is 0. The summed E-state index contributed by atoms with van der Waals surface area (Å²) < 4.78 is 12.0. The highest BCUT2D eigenvalue weighted by Crippen LogP contribution is 2.32. The molecule has 1 aliphatic rings. The molecule has 0 aliphatic heterocycles. The van der Waals surface area contributed by atoms with Crippen LogP contribution in [-0.4, -0.2) is 6.67 Å².